The van der Waals surface area contributed by atoms with E-state index in [1.54, 1.807) is 25.2 Å². The summed E-state index contributed by atoms with van der Waals surface area (Å²) in [5, 5.41) is 13.3. The number of pyridine rings is 1. The van der Waals surface area contributed by atoms with Crippen LogP contribution in [-0.2, 0) is 4.79 Å². The molecule has 28 heavy (non-hydrogen) atoms. The van der Waals surface area contributed by atoms with Gasteiger partial charge in [0.2, 0.25) is 5.88 Å². The molecule has 0 atom stereocenters. The van der Waals surface area contributed by atoms with Crippen LogP contribution in [0.3, 0.4) is 0 Å². The lowest BCUT2D eigenvalue weighted by atomic mass is 9.87. The summed E-state index contributed by atoms with van der Waals surface area (Å²) < 4.78 is 5.93. The Hall–Kier alpha value is -2.66. The second kappa shape index (κ2) is 9.02. The summed E-state index contributed by atoms with van der Waals surface area (Å²) in [6.07, 6.45) is 2.22. The topological polar surface area (TPSA) is 59.4 Å². The van der Waals surface area contributed by atoms with Crippen LogP contribution in [0.15, 0.2) is 59.3 Å². The van der Waals surface area contributed by atoms with Gasteiger partial charge in [-0.1, -0.05) is 30.3 Å². The van der Waals surface area contributed by atoms with Gasteiger partial charge in [-0.05, 0) is 61.7 Å². The molecule has 4 nitrogen and oxygen atoms in total. The number of unbranched alkanes of at least 4 members (excludes halogenated alkanes) is 1. The molecule has 0 saturated heterocycles. The Morgan fingerprint density at radius 1 is 1.07 bits per heavy atom. The maximum absolute atomic E-state index is 11.2. The van der Waals surface area contributed by atoms with E-state index in [2.05, 4.69) is 34.6 Å². The molecule has 0 spiro atoms. The number of rotatable bonds is 9. The van der Waals surface area contributed by atoms with Crippen molar-refractivity contribution in [3.63, 3.8) is 0 Å². The quantitative estimate of drug-likeness (QED) is 0.442. The van der Waals surface area contributed by atoms with Crippen LogP contribution in [0, 0.1) is 5.41 Å². The molecular formula is C23H25NO3S. The van der Waals surface area contributed by atoms with Crippen LogP contribution in [0.25, 0.3) is 22.4 Å². The SMILES string of the molecule is CC(C)(CCCCOc1cc(-c2ccccc2)cc(-c2ccsc2)n1)C(=O)O. The minimum absolute atomic E-state index is 0.518. The Kier molecular flexibility index (Phi) is 6.47. The van der Waals surface area contributed by atoms with Gasteiger partial charge < -0.3 is 9.84 Å². The molecule has 0 fully saturated rings. The lowest BCUT2D eigenvalue weighted by Crippen LogP contribution is -2.23. The van der Waals surface area contributed by atoms with Crippen LogP contribution in [0.5, 0.6) is 5.88 Å². The fourth-order valence-electron chi connectivity index (χ4n) is 2.89. The van der Waals surface area contributed by atoms with Crippen molar-refractivity contribution in [2.45, 2.75) is 33.1 Å². The number of aromatic nitrogens is 1. The Labute approximate surface area is 169 Å². The zero-order chi connectivity index (χ0) is 20.0. The predicted molar refractivity (Wildman–Crippen MR) is 114 cm³/mol. The summed E-state index contributed by atoms with van der Waals surface area (Å²) in [4.78, 5) is 15.9. The number of aliphatic carboxylic acids is 1. The van der Waals surface area contributed by atoms with Crippen molar-refractivity contribution < 1.29 is 14.6 Å². The van der Waals surface area contributed by atoms with Crippen LogP contribution in [0.4, 0.5) is 0 Å². The summed E-state index contributed by atoms with van der Waals surface area (Å²) in [7, 11) is 0. The zero-order valence-electron chi connectivity index (χ0n) is 16.2. The van der Waals surface area contributed by atoms with Crippen LogP contribution >= 0.6 is 11.3 Å². The summed E-state index contributed by atoms with van der Waals surface area (Å²) in [5.74, 6) is -0.161. The molecule has 3 rings (SSSR count). The highest BCUT2D eigenvalue weighted by molar-refractivity contribution is 7.08. The van der Waals surface area contributed by atoms with E-state index < -0.39 is 11.4 Å². The number of benzene rings is 1. The number of carboxylic acid groups (broad SMARTS) is 1. The molecule has 0 saturated carbocycles. The van der Waals surface area contributed by atoms with E-state index in [1.165, 1.54) is 0 Å². The van der Waals surface area contributed by atoms with E-state index in [1.807, 2.05) is 29.6 Å². The van der Waals surface area contributed by atoms with Gasteiger partial charge in [-0.25, -0.2) is 4.98 Å². The van der Waals surface area contributed by atoms with Crippen LogP contribution in [-0.4, -0.2) is 22.7 Å². The minimum atomic E-state index is -0.758. The van der Waals surface area contributed by atoms with E-state index in [-0.39, 0.29) is 0 Å². The van der Waals surface area contributed by atoms with Gasteiger partial charge in [0.15, 0.2) is 0 Å². The number of ether oxygens (including phenoxy) is 1. The zero-order valence-corrected chi connectivity index (χ0v) is 17.0. The number of thiophene rings is 1. The number of hydrogen-bond donors (Lipinski definition) is 1. The molecule has 3 aromatic rings. The van der Waals surface area contributed by atoms with Crippen LogP contribution in [0.1, 0.15) is 33.1 Å². The fourth-order valence-corrected chi connectivity index (χ4v) is 3.54. The molecule has 1 N–H and O–H groups in total. The third-order valence-corrected chi connectivity index (χ3v) is 5.43. The molecule has 0 bridgehead atoms. The highest BCUT2D eigenvalue weighted by atomic mass is 32.1. The number of hydrogen-bond acceptors (Lipinski definition) is 4. The Balaban J connectivity index is 1.70. The third-order valence-electron chi connectivity index (χ3n) is 4.75. The number of carbonyl (C=O) groups is 1. The summed E-state index contributed by atoms with van der Waals surface area (Å²) in [6.45, 7) is 4.03. The molecule has 2 aromatic heterocycles. The van der Waals surface area contributed by atoms with Crippen molar-refractivity contribution in [2.75, 3.05) is 6.61 Å². The van der Waals surface area contributed by atoms with E-state index in [0.29, 0.717) is 18.9 Å². The van der Waals surface area contributed by atoms with E-state index in [9.17, 15) is 9.90 Å². The molecule has 0 amide bonds. The van der Waals surface area contributed by atoms with Gasteiger partial charge in [-0.15, -0.1) is 0 Å². The van der Waals surface area contributed by atoms with Gasteiger partial charge >= 0.3 is 5.97 Å². The lowest BCUT2D eigenvalue weighted by molar-refractivity contribution is -0.147. The first kappa shape index (κ1) is 20.1. The molecule has 146 valence electrons. The minimum Gasteiger partial charge on any atom is -0.481 e. The molecule has 1 aromatic carbocycles. The first-order chi connectivity index (χ1) is 13.5. The summed E-state index contributed by atoms with van der Waals surface area (Å²) >= 11 is 1.64. The highest BCUT2D eigenvalue weighted by Crippen LogP contribution is 2.30. The van der Waals surface area contributed by atoms with Gasteiger partial charge in [0.05, 0.1) is 17.7 Å². The van der Waals surface area contributed by atoms with Crippen molar-refractivity contribution in [3.8, 4) is 28.3 Å². The van der Waals surface area contributed by atoms with Gasteiger partial charge in [-0.3, -0.25) is 4.79 Å². The molecule has 5 heteroatoms. The fraction of sp³-hybridized carbons (Fsp3) is 0.304. The van der Waals surface area contributed by atoms with Gasteiger partial charge in [-0.2, -0.15) is 11.3 Å². The first-order valence-electron chi connectivity index (χ1n) is 9.42. The van der Waals surface area contributed by atoms with E-state index >= 15 is 0 Å². The van der Waals surface area contributed by atoms with Crippen molar-refractivity contribution in [1.29, 1.82) is 0 Å². The van der Waals surface area contributed by atoms with Crippen molar-refractivity contribution in [2.24, 2.45) is 5.41 Å². The predicted octanol–water partition coefficient (Wildman–Crippen LogP) is 6.14. The second-order valence-corrected chi connectivity index (χ2v) is 8.23. The molecule has 0 aliphatic heterocycles. The number of carboxylic acids is 1. The van der Waals surface area contributed by atoms with Gasteiger partial charge in [0.1, 0.15) is 0 Å². The maximum atomic E-state index is 11.2. The molecule has 0 unspecified atom stereocenters. The average molecular weight is 396 g/mol. The molecular weight excluding hydrogens is 370 g/mol. The molecule has 0 aliphatic rings. The average Bonchev–Trinajstić information content (AvgIpc) is 3.23. The normalized spacial score (nSPS) is 11.4. The van der Waals surface area contributed by atoms with E-state index in [0.717, 1.165) is 35.2 Å². The van der Waals surface area contributed by atoms with Crippen molar-refractivity contribution in [1.82, 2.24) is 4.98 Å². The smallest absolute Gasteiger partial charge is 0.309 e. The molecule has 0 radical (unpaired) electrons. The summed E-state index contributed by atoms with van der Waals surface area (Å²) in [5.41, 5.74) is 3.46. The van der Waals surface area contributed by atoms with Crippen LogP contribution < -0.4 is 4.74 Å². The Morgan fingerprint density at radius 2 is 1.86 bits per heavy atom. The molecule has 2 heterocycles. The lowest BCUT2D eigenvalue weighted by Gasteiger charge is -2.18. The van der Waals surface area contributed by atoms with Gasteiger partial charge in [0.25, 0.3) is 0 Å². The number of nitrogens with zero attached hydrogens (tertiary/aromatic N) is 1. The second-order valence-electron chi connectivity index (χ2n) is 7.45. The monoisotopic (exact) mass is 395 g/mol. The summed E-state index contributed by atoms with van der Waals surface area (Å²) in [6, 6.07) is 16.3. The van der Waals surface area contributed by atoms with Crippen molar-refractivity contribution >= 4 is 17.3 Å². The first-order valence-corrected chi connectivity index (χ1v) is 10.4. The van der Waals surface area contributed by atoms with Gasteiger partial charge in [0, 0.05) is 17.0 Å². The standard InChI is InChI=1S/C23H25NO3S/c1-23(2,22(25)26)11-6-7-12-27-21-15-19(17-8-4-3-5-9-17)14-20(24-21)18-10-13-28-16-18/h3-5,8-10,13-16H,6-7,11-12H2,1-2H3,(H,25,26). The third kappa shape index (κ3) is 5.20. The Morgan fingerprint density at radius 3 is 2.54 bits per heavy atom. The highest BCUT2D eigenvalue weighted by Gasteiger charge is 2.26. The van der Waals surface area contributed by atoms with E-state index in [4.69, 9.17) is 4.74 Å². The van der Waals surface area contributed by atoms with Crippen LogP contribution in [0.2, 0.25) is 0 Å². The van der Waals surface area contributed by atoms with Crippen molar-refractivity contribution in [3.05, 3.63) is 59.3 Å². The molecule has 0 aliphatic carbocycles. The largest absolute Gasteiger partial charge is 0.481 e. The Bertz CT molecular complexity index is 905. The maximum Gasteiger partial charge on any atom is 0.309 e.